The van der Waals surface area contributed by atoms with E-state index in [0.717, 1.165) is 5.56 Å². The predicted molar refractivity (Wildman–Crippen MR) is 102 cm³/mol. The van der Waals surface area contributed by atoms with E-state index in [0.29, 0.717) is 0 Å². The maximum atomic E-state index is 13.6. The lowest BCUT2D eigenvalue weighted by molar-refractivity contribution is 0.0468. The van der Waals surface area contributed by atoms with Crippen molar-refractivity contribution in [3.05, 3.63) is 101 Å². The molecule has 0 spiro atoms. The second-order valence-corrected chi connectivity index (χ2v) is 7.77. The van der Waals surface area contributed by atoms with Gasteiger partial charge in [0.1, 0.15) is 12.4 Å². The van der Waals surface area contributed by atoms with Crippen LogP contribution in [0.2, 0.25) is 0 Å². The Bertz CT molecular complexity index is 1070. The van der Waals surface area contributed by atoms with Gasteiger partial charge in [0.05, 0.1) is 10.5 Å². The third kappa shape index (κ3) is 5.03. The molecule has 0 saturated carbocycles. The number of benzene rings is 3. The van der Waals surface area contributed by atoms with Crippen LogP contribution < -0.4 is 4.72 Å². The zero-order valence-electron chi connectivity index (χ0n) is 14.8. The molecule has 0 fully saturated rings. The molecule has 3 rings (SSSR count). The third-order valence-electron chi connectivity index (χ3n) is 4.01. The lowest BCUT2D eigenvalue weighted by Gasteiger charge is -2.09. The highest BCUT2D eigenvalue weighted by Gasteiger charge is 2.17. The van der Waals surface area contributed by atoms with Crippen molar-refractivity contribution in [2.24, 2.45) is 0 Å². The minimum absolute atomic E-state index is 0.0521. The van der Waals surface area contributed by atoms with Crippen LogP contribution in [0.5, 0.6) is 0 Å². The van der Waals surface area contributed by atoms with E-state index in [4.69, 9.17) is 4.74 Å². The van der Waals surface area contributed by atoms with Gasteiger partial charge in [0.25, 0.3) is 0 Å². The van der Waals surface area contributed by atoms with Crippen molar-refractivity contribution >= 4 is 16.0 Å². The van der Waals surface area contributed by atoms with Crippen LogP contribution in [0, 0.1) is 5.82 Å². The van der Waals surface area contributed by atoms with Crippen LogP contribution in [-0.2, 0) is 27.9 Å². The Kier molecular flexibility index (Phi) is 6.18. The summed E-state index contributed by atoms with van der Waals surface area (Å²) in [6, 6.07) is 20.6. The van der Waals surface area contributed by atoms with Crippen molar-refractivity contribution in [3.8, 4) is 0 Å². The van der Waals surface area contributed by atoms with E-state index >= 15 is 0 Å². The van der Waals surface area contributed by atoms with Crippen LogP contribution in [0.25, 0.3) is 0 Å². The molecule has 0 aromatic heterocycles. The molecule has 0 heterocycles. The molecule has 0 amide bonds. The largest absolute Gasteiger partial charge is 0.457 e. The maximum Gasteiger partial charge on any atom is 0.338 e. The Hall–Kier alpha value is -3.03. The highest BCUT2D eigenvalue weighted by atomic mass is 32.2. The van der Waals surface area contributed by atoms with Gasteiger partial charge in [-0.05, 0) is 29.8 Å². The molecule has 144 valence electrons. The van der Waals surface area contributed by atoms with E-state index < -0.39 is 21.8 Å². The number of halogens is 1. The molecule has 0 aliphatic carbocycles. The zero-order valence-corrected chi connectivity index (χ0v) is 15.7. The molecule has 5 nitrogen and oxygen atoms in total. The molecule has 0 saturated heterocycles. The molecule has 0 aliphatic heterocycles. The molecule has 0 aliphatic rings. The molecule has 3 aromatic rings. The van der Waals surface area contributed by atoms with Crippen molar-refractivity contribution in [2.75, 3.05) is 0 Å². The van der Waals surface area contributed by atoms with E-state index in [1.807, 2.05) is 18.2 Å². The maximum absolute atomic E-state index is 13.6. The minimum Gasteiger partial charge on any atom is -0.457 e. The smallest absolute Gasteiger partial charge is 0.338 e. The first-order chi connectivity index (χ1) is 13.5. The van der Waals surface area contributed by atoms with E-state index in [9.17, 15) is 17.6 Å². The highest BCUT2D eigenvalue weighted by molar-refractivity contribution is 7.89. The molecule has 0 radical (unpaired) electrons. The number of nitrogens with one attached hydrogen (secondary N) is 1. The van der Waals surface area contributed by atoms with E-state index in [-0.39, 0.29) is 29.2 Å². The number of hydrogen-bond acceptors (Lipinski definition) is 4. The van der Waals surface area contributed by atoms with Crippen LogP contribution in [0.4, 0.5) is 4.39 Å². The number of esters is 1. The summed E-state index contributed by atoms with van der Waals surface area (Å²) in [6.07, 6.45) is 0. The fraction of sp³-hybridized carbons (Fsp3) is 0.0952. The standard InChI is InChI=1S/C21H18FNO4S/c22-20-12-5-4-9-18(20)15-27-21(24)17-10-6-11-19(13-17)28(25,26)23-14-16-7-2-1-3-8-16/h1-13,23H,14-15H2. The number of ether oxygens (including phenoxy) is 1. The second kappa shape index (κ2) is 8.77. The number of rotatable bonds is 7. The van der Waals surface area contributed by atoms with Crippen molar-refractivity contribution in [2.45, 2.75) is 18.0 Å². The van der Waals surface area contributed by atoms with Crippen molar-refractivity contribution in [1.29, 1.82) is 0 Å². The summed E-state index contributed by atoms with van der Waals surface area (Å²) in [4.78, 5) is 12.2. The van der Waals surface area contributed by atoms with Gasteiger partial charge in [-0.25, -0.2) is 22.3 Å². The second-order valence-electron chi connectivity index (χ2n) is 6.01. The van der Waals surface area contributed by atoms with Gasteiger partial charge in [0, 0.05) is 12.1 Å². The first-order valence-electron chi connectivity index (χ1n) is 8.50. The fourth-order valence-corrected chi connectivity index (χ4v) is 3.55. The SMILES string of the molecule is O=C(OCc1ccccc1F)c1cccc(S(=O)(=O)NCc2ccccc2)c1. The van der Waals surface area contributed by atoms with Crippen molar-refractivity contribution < 1.29 is 22.3 Å². The van der Waals surface area contributed by atoms with Gasteiger partial charge in [-0.2, -0.15) is 0 Å². The number of hydrogen-bond donors (Lipinski definition) is 1. The monoisotopic (exact) mass is 399 g/mol. The van der Waals surface area contributed by atoms with Crippen molar-refractivity contribution in [3.63, 3.8) is 0 Å². The summed E-state index contributed by atoms with van der Waals surface area (Å²) in [6.45, 7) is -0.111. The first-order valence-corrected chi connectivity index (χ1v) is 9.98. The Morgan fingerprint density at radius 2 is 1.64 bits per heavy atom. The molecule has 1 N–H and O–H groups in total. The van der Waals surface area contributed by atoms with E-state index in [2.05, 4.69) is 4.72 Å². The van der Waals surface area contributed by atoms with Gasteiger partial charge < -0.3 is 4.74 Å². The predicted octanol–water partition coefficient (Wildman–Crippen LogP) is 3.66. The summed E-state index contributed by atoms with van der Waals surface area (Å²) >= 11 is 0. The zero-order chi connectivity index (χ0) is 20.0. The fourth-order valence-electron chi connectivity index (χ4n) is 2.49. The van der Waals surface area contributed by atoms with Crippen molar-refractivity contribution in [1.82, 2.24) is 4.72 Å². The molecule has 0 bridgehead atoms. The van der Waals surface area contributed by atoms with E-state index in [1.54, 1.807) is 18.2 Å². The third-order valence-corrected chi connectivity index (χ3v) is 5.40. The first kappa shape index (κ1) is 19.7. The van der Waals surface area contributed by atoms with Gasteiger partial charge in [0.15, 0.2) is 0 Å². The van der Waals surface area contributed by atoms with Gasteiger partial charge in [-0.3, -0.25) is 0 Å². The molecule has 3 aromatic carbocycles. The quantitative estimate of drug-likeness (QED) is 0.616. The average Bonchev–Trinajstić information content (AvgIpc) is 2.72. The number of sulfonamides is 1. The lowest BCUT2D eigenvalue weighted by atomic mass is 10.2. The van der Waals surface area contributed by atoms with Crippen LogP contribution in [0.3, 0.4) is 0 Å². The van der Waals surface area contributed by atoms with Gasteiger partial charge in [-0.15, -0.1) is 0 Å². The summed E-state index contributed by atoms with van der Waals surface area (Å²) in [7, 11) is -3.81. The molecule has 0 unspecified atom stereocenters. The summed E-state index contributed by atoms with van der Waals surface area (Å²) in [5, 5.41) is 0. The molecule has 28 heavy (non-hydrogen) atoms. The minimum atomic E-state index is -3.81. The Balaban J connectivity index is 1.68. The van der Waals surface area contributed by atoms with Crippen LogP contribution in [-0.4, -0.2) is 14.4 Å². The molecular weight excluding hydrogens is 381 g/mol. The van der Waals surface area contributed by atoms with Crippen LogP contribution >= 0.6 is 0 Å². The molecular formula is C21H18FNO4S. The molecule has 0 atom stereocenters. The Labute approximate surface area is 162 Å². The van der Waals surface area contributed by atoms with Gasteiger partial charge in [0.2, 0.25) is 10.0 Å². The average molecular weight is 399 g/mol. The van der Waals surface area contributed by atoms with Crippen LogP contribution in [0.15, 0.2) is 83.8 Å². The van der Waals surface area contributed by atoms with E-state index in [1.165, 1.54) is 42.5 Å². The summed E-state index contributed by atoms with van der Waals surface area (Å²) in [5.41, 5.74) is 1.12. The Morgan fingerprint density at radius 1 is 0.929 bits per heavy atom. The normalized spacial score (nSPS) is 11.2. The van der Waals surface area contributed by atoms with Gasteiger partial charge in [-0.1, -0.05) is 54.6 Å². The van der Waals surface area contributed by atoms with Gasteiger partial charge >= 0.3 is 5.97 Å². The molecule has 7 heteroatoms. The number of carbonyl (C=O) groups is 1. The topological polar surface area (TPSA) is 72.5 Å². The lowest BCUT2D eigenvalue weighted by Crippen LogP contribution is -2.23. The summed E-state index contributed by atoms with van der Waals surface area (Å²) < 4.78 is 46.2. The summed E-state index contributed by atoms with van der Waals surface area (Å²) in [5.74, 6) is -1.21. The van der Waals surface area contributed by atoms with Crippen LogP contribution in [0.1, 0.15) is 21.5 Å². The Morgan fingerprint density at radius 3 is 2.39 bits per heavy atom. The number of carbonyl (C=O) groups excluding carboxylic acids is 1. The highest BCUT2D eigenvalue weighted by Crippen LogP contribution is 2.15.